The van der Waals surface area contributed by atoms with Crippen molar-refractivity contribution in [1.29, 1.82) is 0 Å². The molecule has 0 aliphatic carbocycles. The molecule has 4 heterocycles. The fourth-order valence-electron chi connectivity index (χ4n) is 3.02. The third kappa shape index (κ3) is 5.75. The molecule has 4 rings (SSSR count). The molecule has 4 heteroatoms. The quantitative estimate of drug-likeness (QED) is 0.527. The molecule has 0 radical (unpaired) electrons. The van der Waals surface area contributed by atoms with Crippen molar-refractivity contribution >= 4 is 17.2 Å². The molecule has 28 heavy (non-hydrogen) atoms. The SMILES string of the molecule is CC.CC.CC(C)c1ccnc2[nH]ccc12.CC(C)c1ccnc2c1C=NC2. The van der Waals surface area contributed by atoms with Crippen LogP contribution in [0.1, 0.15) is 89.6 Å². The molecule has 3 aromatic rings. The van der Waals surface area contributed by atoms with E-state index in [0.29, 0.717) is 11.8 Å². The number of nitrogens with one attached hydrogen (secondary N) is 1. The van der Waals surface area contributed by atoms with E-state index in [-0.39, 0.29) is 0 Å². The van der Waals surface area contributed by atoms with Crippen molar-refractivity contribution in [3.63, 3.8) is 0 Å². The van der Waals surface area contributed by atoms with E-state index in [0.717, 1.165) is 17.9 Å². The summed E-state index contributed by atoms with van der Waals surface area (Å²) in [6.07, 6.45) is 7.61. The van der Waals surface area contributed by atoms with Crippen molar-refractivity contribution < 1.29 is 0 Å². The van der Waals surface area contributed by atoms with E-state index in [2.05, 4.69) is 65.8 Å². The first-order valence-corrected chi connectivity index (χ1v) is 10.5. The summed E-state index contributed by atoms with van der Waals surface area (Å²) in [6, 6.07) is 6.25. The van der Waals surface area contributed by atoms with E-state index < -0.39 is 0 Å². The van der Waals surface area contributed by atoms with Crippen LogP contribution < -0.4 is 0 Å². The Morgan fingerprint density at radius 2 is 1.43 bits per heavy atom. The van der Waals surface area contributed by atoms with Gasteiger partial charge in [-0.2, -0.15) is 0 Å². The molecule has 0 unspecified atom stereocenters. The minimum absolute atomic E-state index is 0.561. The van der Waals surface area contributed by atoms with Crippen LogP contribution in [0.3, 0.4) is 0 Å². The van der Waals surface area contributed by atoms with E-state index in [1.165, 1.54) is 22.1 Å². The Kier molecular flexibility index (Phi) is 10.1. The van der Waals surface area contributed by atoms with Gasteiger partial charge in [0.05, 0.1) is 12.2 Å². The lowest BCUT2D eigenvalue weighted by Gasteiger charge is -2.08. The first kappa shape index (κ1) is 23.5. The Hall–Kier alpha value is -2.49. The van der Waals surface area contributed by atoms with Gasteiger partial charge in [-0.3, -0.25) is 9.98 Å². The molecular formula is C24H36N4. The van der Waals surface area contributed by atoms with Gasteiger partial charge in [-0.05, 0) is 41.2 Å². The third-order valence-electron chi connectivity index (χ3n) is 4.31. The first-order chi connectivity index (χ1) is 13.6. The summed E-state index contributed by atoms with van der Waals surface area (Å²) >= 11 is 0. The molecule has 1 aliphatic rings. The Bertz CT molecular complexity index is 860. The second-order valence-corrected chi connectivity index (χ2v) is 6.68. The number of aromatic nitrogens is 3. The van der Waals surface area contributed by atoms with Gasteiger partial charge in [0.15, 0.2) is 0 Å². The van der Waals surface area contributed by atoms with Crippen LogP contribution in [0.15, 0.2) is 41.8 Å². The standard InChI is InChI=1S/2C10H12N2.2C2H6/c1-7(2)8-3-5-11-10-9(8)4-6-12-10;1-7(2)8-3-4-12-10-6-11-5-9(8)10;2*1-2/h3-7H,1-2H3,(H,11,12);3-5,7H,6H2,1-2H3;2*1-2H3. The van der Waals surface area contributed by atoms with Gasteiger partial charge < -0.3 is 4.98 Å². The Balaban J connectivity index is 0.000000238. The maximum Gasteiger partial charge on any atom is 0.137 e. The molecule has 0 bridgehead atoms. The van der Waals surface area contributed by atoms with Crippen molar-refractivity contribution in [2.24, 2.45) is 4.99 Å². The largest absolute Gasteiger partial charge is 0.346 e. The molecular weight excluding hydrogens is 344 g/mol. The normalized spacial score (nSPS) is 11.2. The fraction of sp³-hybridized carbons (Fsp3) is 0.458. The van der Waals surface area contributed by atoms with Gasteiger partial charge in [-0.15, -0.1) is 0 Å². The van der Waals surface area contributed by atoms with Crippen LogP contribution >= 0.6 is 0 Å². The number of aromatic amines is 1. The zero-order chi connectivity index (χ0) is 21.1. The molecule has 0 spiro atoms. The maximum absolute atomic E-state index is 4.28. The zero-order valence-corrected chi connectivity index (χ0v) is 18.7. The molecule has 0 saturated carbocycles. The van der Waals surface area contributed by atoms with Crippen LogP contribution in [-0.2, 0) is 6.54 Å². The smallest absolute Gasteiger partial charge is 0.137 e. The summed E-state index contributed by atoms with van der Waals surface area (Å²) < 4.78 is 0. The average Bonchev–Trinajstić information content (AvgIpc) is 3.40. The van der Waals surface area contributed by atoms with Crippen LogP contribution in [0.5, 0.6) is 0 Å². The zero-order valence-electron chi connectivity index (χ0n) is 18.7. The topological polar surface area (TPSA) is 53.9 Å². The number of pyridine rings is 2. The number of rotatable bonds is 2. The molecule has 0 amide bonds. The van der Waals surface area contributed by atoms with Gasteiger partial charge >= 0.3 is 0 Å². The molecule has 0 aromatic carbocycles. The molecule has 3 aromatic heterocycles. The van der Waals surface area contributed by atoms with Gasteiger partial charge in [-0.25, -0.2) is 4.98 Å². The summed E-state index contributed by atoms with van der Waals surface area (Å²) in [5.74, 6) is 1.12. The molecule has 4 nitrogen and oxygen atoms in total. The average molecular weight is 381 g/mol. The number of hydrogen-bond acceptors (Lipinski definition) is 3. The summed E-state index contributed by atoms with van der Waals surface area (Å²) in [6.45, 7) is 17.5. The van der Waals surface area contributed by atoms with Crippen LogP contribution in [0.25, 0.3) is 11.0 Å². The van der Waals surface area contributed by atoms with Crippen molar-refractivity contribution in [1.82, 2.24) is 15.0 Å². The van der Waals surface area contributed by atoms with E-state index >= 15 is 0 Å². The lowest BCUT2D eigenvalue weighted by atomic mass is 9.98. The van der Waals surface area contributed by atoms with E-state index in [1.807, 2.05) is 52.5 Å². The van der Waals surface area contributed by atoms with Gasteiger partial charge in [-0.1, -0.05) is 55.4 Å². The van der Waals surface area contributed by atoms with Gasteiger partial charge in [0.2, 0.25) is 0 Å². The van der Waals surface area contributed by atoms with Gasteiger partial charge in [0, 0.05) is 35.8 Å². The van der Waals surface area contributed by atoms with Gasteiger partial charge in [0.1, 0.15) is 5.65 Å². The van der Waals surface area contributed by atoms with Crippen LogP contribution in [0.4, 0.5) is 0 Å². The van der Waals surface area contributed by atoms with Crippen LogP contribution in [-0.4, -0.2) is 21.2 Å². The highest BCUT2D eigenvalue weighted by molar-refractivity contribution is 5.85. The van der Waals surface area contributed by atoms with Crippen molar-refractivity contribution in [3.05, 3.63) is 59.2 Å². The molecule has 0 saturated heterocycles. The van der Waals surface area contributed by atoms with E-state index in [9.17, 15) is 0 Å². The lowest BCUT2D eigenvalue weighted by molar-refractivity contribution is 0.855. The molecule has 0 atom stereocenters. The summed E-state index contributed by atoms with van der Waals surface area (Å²) in [7, 11) is 0. The monoisotopic (exact) mass is 380 g/mol. The van der Waals surface area contributed by atoms with Gasteiger partial charge in [0.25, 0.3) is 0 Å². The summed E-state index contributed by atoms with van der Waals surface area (Å²) in [4.78, 5) is 15.8. The first-order valence-electron chi connectivity index (χ1n) is 10.5. The number of nitrogens with zero attached hydrogens (tertiary/aromatic N) is 3. The molecule has 152 valence electrons. The predicted octanol–water partition coefficient (Wildman–Crippen LogP) is 6.88. The fourth-order valence-corrected chi connectivity index (χ4v) is 3.02. The van der Waals surface area contributed by atoms with E-state index in [4.69, 9.17) is 0 Å². The second kappa shape index (κ2) is 12.1. The number of hydrogen-bond donors (Lipinski definition) is 1. The van der Waals surface area contributed by atoms with Crippen molar-refractivity contribution in [2.75, 3.05) is 0 Å². The Morgan fingerprint density at radius 3 is 2.07 bits per heavy atom. The number of H-pyrrole nitrogens is 1. The van der Waals surface area contributed by atoms with Crippen molar-refractivity contribution in [3.8, 4) is 0 Å². The second-order valence-electron chi connectivity index (χ2n) is 6.68. The van der Waals surface area contributed by atoms with Crippen LogP contribution in [0, 0.1) is 0 Å². The third-order valence-corrected chi connectivity index (χ3v) is 4.31. The maximum atomic E-state index is 4.28. The molecule has 0 fully saturated rings. The number of aliphatic imine (C=N–C) groups is 1. The Labute approximate surface area is 170 Å². The lowest BCUT2D eigenvalue weighted by Crippen LogP contribution is -1.98. The highest BCUT2D eigenvalue weighted by atomic mass is 14.8. The minimum atomic E-state index is 0.561. The number of fused-ring (bicyclic) bond motifs is 2. The predicted molar refractivity (Wildman–Crippen MR) is 123 cm³/mol. The van der Waals surface area contributed by atoms with E-state index in [1.54, 1.807) is 0 Å². The van der Waals surface area contributed by atoms with Crippen molar-refractivity contribution in [2.45, 2.75) is 73.8 Å². The highest BCUT2D eigenvalue weighted by Crippen LogP contribution is 2.23. The van der Waals surface area contributed by atoms with Crippen LogP contribution in [0.2, 0.25) is 0 Å². The minimum Gasteiger partial charge on any atom is -0.346 e. The summed E-state index contributed by atoms with van der Waals surface area (Å²) in [5, 5.41) is 1.24. The summed E-state index contributed by atoms with van der Waals surface area (Å²) in [5.41, 5.74) is 6.08. The highest BCUT2D eigenvalue weighted by Gasteiger charge is 2.13. The Morgan fingerprint density at radius 1 is 0.821 bits per heavy atom. The molecule has 1 aliphatic heterocycles. The molecule has 1 N–H and O–H groups in total.